The van der Waals surface area contributed by atoms with Gasteiger partial charge in [-0.2, -0.15) is 0 Å². The van der Waals surface area contributed by atoms with Crippen molar-refractivity contribution in [2.75, 3.05) is 51.8 Å². The minimum atomic E-state index is -3.80. The minimum Gasteiger partial charge on any atom is -0.496 e. The summed E-state index contributed by atoms with van der Waals surface area (Å²) in [5.41, 5.74) is 5.03. The number of sulfonamides is 1. The number of piperazine rings is 1. The summed E-state index contributed by atoms with van der Waals surface area (Å²) >= 11 is 0. The molecule has 1 fully saturated rings. The van der Waals surface area contributed by atoms with E-state index in [0.717, 1.165) is 50.3 Å². The lowest BCUT2D eigenvalue weighted by Crippen LogP contribution is -2.45. The molecule has 190 valence electrons. The van der Waals surface area contributed by atoms with Crippen molar-refractivity contribution in [1.29, 1.82) is 0 Å². The van der Waals surface area contributed by atoms with Gasteiger partial charge in [0.25, 0.3) is 0 Å². The average Bonchev–Trinajstić information content (AvgIpc) is 2.83. The number of nitrogens with two attached hydrogens (primary N) is 1. The Morgan fingerprint density at radius 3 is 2.46 bits per heavy atom. The van der Waals surface area contributed by atoms with Gasteiger partial charge < -0.3 is 19.4 Å². The molecule has 8 nitrogen and oxygen atoms in total. The first kappa shape index (κ1) is 25.5. The molecule has 2 N–H and O–H groups in total. The number of likely N-dealkylation sites (N-methyl/N-ethyl adjacent to an activating group) is 1. The second kappa shape index (κ2) is 10.6. The van der Waals surface area contributed by atoms with E-state index >= 15 is 0 Å². The number of carbonyl (C=O) groups excluding carboxylic acids is 1. The molecule has 1 saturated heterocycles. The van der Waals surface area contributed by atoms with Crippen LogP contribution in [0.4, 0.5) is 5.69 Å². The third-order valence-electron chi connectivity index (χ3n) is 7.07. The molecule has 2 aromatic carbocycles. The van der Waals surface area contributed by atoms with E-state index in [1.807, 2.05) is 24.0 Å². The molecule has 0 unspecified atom stereocenters. The van der Waals surface area contributed by atoms with Gasteiger partial charge in [-0.1, -0.05) is 25.5 Å². The largest absolute Gasteiger partial charge is 0.496 e. The highest BCUT2D eigenvalue weighted by atomic mass is 32.2. The van der Waals surface area contributed by atoms with Gasteiger partial charge in [-0.15, -0.1) is 0 Å². The first-order valence-corrected chi connectivity index (χ1v) is 13.8. The predicted molar refractivity (Wildman–Crippen MR) is 137 cm³/mol. The average molecular weight is 501 g/mol. The highest BCUT2D eigenvalue weighted by Crippen LogP contribution is 2.36. The molecule has 2 aliphatic heterocycles. The molecule has 9 heteroatoms. The highest BCUT2D eigenvalue weighted by Gasteiger charge is 2.28. The van der Waals surface area contributed by atoms with Crippen LogP contribution in [0.2, 0.25) is 0 Å². The van der Waals surface area contributed by atoms with Crippen molar-refractivity contribution in [3.63, 3.8) is 0 Å². The van der Waals surface area contributed by atoms with E-state index < -0.39 is 10.0 Å². The summed E-state index contributed by atoms with van der Waals surface area (Å²) in [5.74, 6) is 0.918. The third-order valence-corrected chi connectivity index (χ3v) is 8.08. The predicted octanol–water partition coefficient (Wildman–Crippen LogP) is 2.17. The van der Waals surface area contributed by atoms with Crippen LogP contribution in [0.5, 0.6) is 5.75 Å². The van der Waals surface area contributed by atoms with Gasteiger partial charge in [-0.25, -0.2) is 13.6 Å². The van der Waals surface area contributed by atoms with Gasteiger partial charge in [0.2, 0.25) is 15.9 Å². The summed E-state index contributed by atoms with van der Waals surface area (Å²) in [7, 11) is 0.0424. The number of hydrogen-bond acceptors (Lipinski definition) is 6. The number of amides is 1. The van der Waals surface area contributed by atoms with Gasteiger partial charge in [0.1, 0.15) is 5.75 Å². The van der Waals surface area contributed by atoms with Crippen LogP contribution >= 0.6 is 0 Å². The molecule has 0 aliphatic carbocycles. The van der Waals surface area contributed by atoms with Gasteiger partial charge in [-0.3, -0.25) is 4.79 Å². The molecule has 0 radical (unpaired) electrons. The summed E-state index contributed by atoms with van der Waals surface area (Å²) < 4.78 is 29.5. The lowest BCUT2D eigenvalue weighted by atomic mass is 9.95. The van der Waals surface area contributed by atoms with Crippen LogP contribution in [0.15, 0.2) is 35.2 Å². The maximum absolute atomic E-state index is 13.3. The summed E-state index contributed by atoms with van der Waals surface area (Å²) in [6, 6.07) is 9.22. The Balaban J connectivity index is 1.56. The Kier molecular flexibility index (Phi) is 7.68. The normalized spacial score (nSPS) is 16.8. The van der Waals surface area contributed by atoms with Crippen molar-refractivity contribution in [3.05, 3.63) is 52.6 Å². The van der Waals surface area contributed by atoms with Gasteiger partial charge in [0.15, 0.2) is 0 Å². The Bertz CT molecular complexity index is 1190. The Morgan fingerprint density at radius 2 is 1.80 bits per heavy atom. The van der Waals surface area contributed by atoms with Crippen LogP contribution < -0.4 is 14.8 Å². The highest BCUT2D eigenvalue weighted by molar-refractivity contribution is 7.89. The van der Waals surface area contributed by atoms with E-state index in [2.05, 4.69) is 22.9 Å². The number of aryl methyl sites for hydroxylation is 1. The molecule has 2 aromatic rings. The molecule has 2 heterocycles. The second-order valence-corrected chi connectivity index (χ2v) is 11.0. The van der Waals surface area contributed by atoms with E-state index in [9.17, 15) is 13.2 Å². The van der Waals surface area contributed by atoms with Crippen molar-refractivity contribution in [2.45, 2.75) is 44.0 Å². The Labute approximate surface area is 208 Å². The number of ether oxygens (including phenoxy) is 1. The first-order valence-electron chi connectivity index (χ1n) is 12.3. The van der Waals surface area contributed by atoms with E-state index in [1.165, 1.54) is 22.9 Å². The number of fused-ring (bicyclic) bond motifs is 1. The molecule has 0 aromatic heterocycles. The quantitative estimate of drug-likeness (QED) is 0.626. The molecular formula is C26H36N4O4S. The zero-order chi connectivity index (χ0) is 25.2. The minimum absolute atomic E-state index is 0.0357. The number of nitrogens with zero attached hydrogens (tertiary/aromatic N) is 3. The number of anilines is 1. The van der Waals surface area contributed by atoms with Crippen LogP contribution in [-0.2, 0) is 40.6 Å². The van der Waals surface area contributed by atoms with Crippen LogP contribution in [0.25, 0.3) is 0 Å². The van der Waals surface area contributed by atoms with Crippen LogP contribution in [0, 0.1) is 0 Å². The molecule has 0 bridgehead atoms. The molecule has 4 rings (SSSR count). The Morgan fingerprint density at radius 1 is 1.06 bits per heavy atom. The van der Waals surface area contributed by atoms with Gasteiger partial charge >= 0.3 is 0 Å². The van der Waals surface area contributed by atoms with Crippen LogP contribution in [-0.4, -0.2) is 71.0 Å². The van der Waals surface area contributed by atoms with Crippen molar-refractivity contribution >= 4 is 21.6 Å². The number of hydrogen-bond donors (Lipinski definition) is 1. The zero-order valence-electron chi connectivity index (χ0n) is 20.9. The zero-order valence-corrected chi connectivity index (χ0v) is 21.7. The summed E-state index contributed by atoms with van der Waals surface area (Å²) in [6.07, 6.45) is 2.36. The third kappa shape index (κ3) is 5.63. The van der Waals surface area contributed by atoms with E-state index in [4.69, 9.17) is 9.88 Å². The molecule has 1 amide bonds. The molecule has 0 atom stereocenters. The van der Waals surface area contributed by atoms with Crippen molar-refractivity contribution in [2.24, 2.45) is 5.14 Å². The van der Waals surface area contributed by atoms with E-state index in [1.54, 1.807) is 13.2 Å². The fourth-order valence-electron chi connectivity index (χ4n) is 5.15. The molecule has 35 heavy (non-hydrogen) atoms. The first-order chi connectivity index (χ1) is 16.7. The van der Waals surface area contributed by atoms with Gasteiger partial charge in [-0.05, 0) is 49.2 Å². The fourth-order valence-corrected chi connectivity index (χ4v) is 5.93. The fraction of sp³-hybridized carbons (Fsp3) is 0.500. The summed E-state index contributed by atoms with van der Waals surface area (Å²) in [6.45, 7) is 7.10. The SMILES string of the molecule is CCCc1cc(CC(=O)N2CCc3c(OC)ccc(N4CCN(C)CC4)c3C2)ccc1S(N)(=O)=O. The van der Waals surface area contributed by atoms with E-state index in [-0.39, 0.29) is 17.2 Å². The standard InChI is InChI=1S/C26H36N4O4S/c1-4-5-20-16-19(6-9-25(20)35(27,32)33)17-26(31)30-11-10-21-22(18-30)23(7-8-24(21)34-3)29-14-12-28(2)13-15-29/h6-9,16H,4-5,10-15,17-18H2,1-3H3,(H2,27,32,33). The number of benzene rings is 2. The lowest BCUT2D eigenvalue weighted by molar-refractivity contribution is -0.131. The molecule has 0 spiro atoms. The maximum Gasteiger partial charge on any atom is 0.238 e. The monoisotopic (exact) mass is 500 g/mol. The van der Waals surface area contributed by atoms with Crippen molar-refractivity contribution in [1.82, 2.24) is 9.80 Å². The van der Waals surface area contributed by atoms with Crippen molar-refractivity contribution < 1.29 is 17.9 Å². The number of primary sulfonamides is 1. The van der Waals surface area contributed by atoms with Gasteiger partial charge in [0, 0.05) is 56.1 Å². The van der Waals surface area contributed by atoms with E-state index in [0.29, 0.717) is 25.1 Å². The summed E-state index contributed by atoms with van der Waals surface area (Å²) in [5, 5.41) is 5.39. The second-order valence-electron chi connectivity index (χ2n) is 9.51. The van der Waals surface area contributed by atoms with Crippen molar-refractivity contribution in [3.8, 4) is 5.75 Å². The Hall–Kier alpha value is -2.62. The number of rotatable bonds is 7. The molecule has 2 aliphatic rings. The van der Waals surface area contributed by atoms with Gasteiger partial charge in [0.05, 0.1) is 18.4 Å². The summed E-state index contributed by atoms with van der Waals surface area (Å²) in [4.78, 5) is 20.1. The number of carbonyl (C=O) groups is 1. The lowest BCUT2D eigenvalue weighted by Gasteiger charge is -2.38. The van der Waals surface area contributed by atoms with Crippen LogP contribution in [0.3, 0.4) is 0 Å². The molecular weight excluding hydrogens is 464 g/mol. The smallest absolute Gasteiger partial charge is 0.238 e. The van der Waals surface area contributed by atoms with Crippen LogP contribution in [0.1, 0.15) is 35.6 Å². The maximum atomic E-state index is 13.3. The topological polar surface area (TPSA) is 96.2 Å². The molecule has 0 saturated carbocycles. The number of methoxy groups -OCH3 is 1.